The second-order valence-corrected chi connectivity index (χ2v) is 10.1. The number of allylic oxidation sites excluding steroid dienone is 3. The van der Waals surface area contributed by atoms with Gasteiger partial charge in [0.25, 0.3) is 0 Å². The topological polar surface area (TPSA) is 88.5 Å². The van der Waals surface area contributed by atoms with E-state index in [1.807, 2.05) is 60.7 Å². The van der Waals surface area contributed by atoms with Crippen LogP contribution in [0.1, 0.15) is 30.7 Å². The van der Waals surface area contributed by atoms with Crippen molar-refractivity contribution in [2.24, 2.45) is 0 Å². The number of Topliss-reactive ketones (excluding diaryl/α,β-unsaturated/α-hetero) is 1. The number of benzene rings is 2. The summed E-state index contributed by atoms with van der Waals surface area (Å²) in [6, 6.07) is 15.2. The Balaban J connectivity index is 1.39. The second kappa shape index (κ2) is 13.5. The van der Waals surface area contributed by atoms with Crippen molar-refractivity contribution >= 4 is 23.5 Å². The van der Waals surface area contributed by atoms with Crippen LogP contribution in [0.25, 0.3) is 0 Å². The predicted octanol–water partition coefficient (Wildman–Crippen LogP) is 4.17. The van der Waals surface area contributed by atoms with E-state index in [1.54, 1.807) is 12.0 Å². The van der Waals surface area contributed by atoms with Crippen molar-refractivity contribution in [3.05, 3.63) is 76.8 Å². The van der Waals surface area contributed by atoms with Gasteiger partial charge in [-0.3, -0.25) is 19.4 Å². The van der Waals surface area contributed by atoms with Gasteiger partial charge in [-0.25, -0.2) is 0 Å². The highest BCUT2D eigenvalue weighted by Gasteiger charge is 2.40. The molecule has 2 aromatic rings. The van der Waals surface area contributed by atoms with Gasteiger partial charge in [0.2, 0.25) is 5.91 Å². The predicted molar refractivity (Wildman–Crippen MR) is 147 cm³/mol. The van der Waals surface area contributed by atoms with Crippen molar-refractivity contribution in [1.29, 1.82) is 0 Å². The molecule has 0 saturated carbocycles. The second-order valence-electron chi connectivity index (χ2n) is 8.93. The number of carbonyl (C=O) groups is 2. The van der Waals surface area contributed by atoms with Crippen LogP contribution in [0.2, 0.25) is 0 Å². The Kier molecular flexibility index (Phi) is 9.86. The third kappa shape index (κ3) is 6.78. The Morgan fingerprint density at radius 1 is 1.08 bits per heavy atom. The highest BCUT2D eigenvalue weighted by atomic mass is 32.2. The van der Waals surface area contributed by atoms with Gasteiger partial charge in [-0.1, -0.05) is 36.0 Å². The number of nitrogens with zero attached hydrogens (tertiary/aromatic N) is 2. The maximum absolute atomic E-state index is 12.7. The summed E-state index contributed by atoms with van der Waals surface area (Å²) in [5.41, 5.74) is 1.24. The lowest BCUT2D eigenvalue weighted by Gasteiger charge is -2.27. The molecule has 2 aliphatic rings. The van der Waals surface area contributed by atoms with E-state index in [-0.39, 0.29) is 24.7 Å². The number of aliphatic hydroxyl groups is 1. The first-order valence-electron chi connectivity index (χ1n) is 12.7. The average molecular weight is 539 g/mol. The fourth-order valence-corrected chi connectivity index (χ4v) is 5.89. The number of ketones is 1. The van der Waals surface area contributed by atoms with Crippen LogP contribution in [0, 0.1) is 0 Å². The summed E-state index contributed by atoms with van der Waals surface area (Å²) in [6.45, 7) is 4.50. The summed E-state index contributed by atoms with van der Waals surface area (Å²) in [4.78, 5) is 29.8. The van der Waals surface area contributed by atoms with Crippen LogP contribution in [-0.4, -0.2) is 73.2 Å². The molecule has 1 atom stereocenters. The Labute approximate surface area is 227 Å². The molecule has 1 unspecified atom stereocenters. The first-order chi connectivity index (χ1) is 18.5. The minimum atomic E-state index is -0.421. The minimum absolute atomic E-state index is 0.0571. The summed E-state index contributed by atoms with van der Waals surface area (Å²) < 4.78 is 17.5. The van der Waals surface area contributed by atoms with E-state index in [4.69, 9.17) is 14.2 Å². The van der Waals surface area contributed by atoms with E-state index in [0.717, 1.165) is 29.2 Å². The summed E-state index contributed by atoms with van der Waals surface area (Å²) in [5, 5.41) is 9.06. The number of para-hydroxylation sites is 1. The number of amides is 1. The van der Waals surface area contributed by atoms with E-state index in [0.29, 0.717) is 43.5 Å². The number of carbonyl (C=O) groups excluding carboxylic acids is 2. The molecule has 0 radical (unpaired) electrons. The number of hydrogen-bond donors (Lipinski definition) is 1. The molecule has 9 heteroatoms. The van der Waals surface area contributed by atoms with Gasteiger partial charge in [0.1, 0.15) is 34.9 Å². The third-order valence-corrected chi connectivity index (χ3v) is 7.59. The van der Waals surface area contributed by atoms with E-state index in [1.165, 1.54) is 18.7 Å². The largest absolute Gasteiger partial charge is 0.497 e. The summed E-state index contributed by atoms with van der Waals surface area (Å²) >= 11 is 1.47. The van der Waals surface area contributed by atoms with E-state index >= 15 is 0 Å². The molecule has 1 amide bonds. The average Bonchev–Trinajstić information content (AvgIpc) is 3.33. The first-order valence-corrected chi connectivity index (χ1v) is 13.6. The summed E-state index contributed by atoms with van der Waals surface area (Å²) in [6.07, 6.45) is 4.77. The smallest absolute Gasteiger partial charge is 0.225 e. The molecule has 1 heterocycles. The Morgan fingerprint density at radius 2 is 1.89 bits per heavy atom. The van der Waals surface area contributed by atoms with Crippen LogP contribution in [0.5, 0.6) is 17.2 Å². The van der Waals surface area contributed by atoms with Crippen molar-refractivity contribution in [3.8, 4) is 17.2 Å². The highest BCUT2D eigenvalue weighted by Crippen LogP contribution is 2.52. The molecule has 1 N–H and O–H groups in total. The van der Waals surface area contributed by atoms with Gasteiger partial charge in [-0.2, -0.15) is 0 Å². The molecule has 38 heavy (non-hydrogen) atoms. The monoisotopic (exact) mass is 538 g/mol. The van der Waals surface area contributed by atoms with E-state index < -0.39 is 5.37 Å². The molecule has 202 valence electrons. The Hall–Kier alpha value is -3.27. The van der Waals surface area contributed by atoms with Gasteiger partial charge in [0, 0.05) is 43.4 Å². The molecule has 8 nitrogen and oxygen atoms in total. The molecular formula is C29H34N2O6S. The van der Waals surface area contributed by atoms with Gasteiger partial charge in [-0.15, -0.1) is 0 Å². The van der Waals surface area contributed by atoms with E-state index in [9.17, 15) is 14.7 Å². The molecule has 0 spiro atoms. The molecule has 0 aromatic heterocycles. The third-order valence-electron chi connectivity index (χ3n) is 6.32. The maximum Gasteiger partial charge on any atom is 0.225 e. The molecular weight excluding hydrogens is 504 g/mol. The molecule has 0 fully saturated rings. The molecule has 0 saturated heterocycles. The molecule has 2 aromatic carbocycles. The SMILES string of the molecule is COc1ccc(OCCCN(CCO)CCOc2ccccc2)c(C2SC3=C(C(=O)CC=C3)N2C(C)=O)c1. The van der Waals surface area contributed by atoms with Crippen molar-refractivity contribution in [3.63, 3.8) is 0 Å². The zero-order chi connectivity index (χ0) is 26.9. The lowest BCUT2D eigenvalue weighted by Crippen LogP contribution is -2.33. The summed E-state index contributed by atoms with van der Waals surface area (Å²) in [5.74, 6) is 1.87. The van der Waals surface area contributed by atoms with Crippen molar-refractivity contribution in [2.45, 2.75) is 25.1 Å². The Bertz CT molecular complexity index is 1180. The number of rotatable bonds is 13. The minimum Gasteiger partial charge on any atom is -0.497 e. The number of aliphatic hydroxyl groups excluding tert-OH is 1. The fraction of sp³-hybridized carbons (Fsp3) is 0.379. The van der Waals surface area contributed by atoms with E-state index in [2.05, 4.69) is 4.90 Å². The van der Waals surface area contributed by atoms with Crippen LogP contribution in [0.3, 0.4) is 0 Å². The first kappa shape index (κ1) is 27.8. The van der Waals surface area contributed by atoms with Gasteiger partial charge < -0.3 is 19.3 Å². The summed E-state index contributed by atoms with van der Waals surface area (Å²) in [7, 11) is 1.59. The number of methoxy groups -OCH3 is 1. The molecule has 1 aliphatic heterocycles. The lowest BCUT2D eigenvalue weighted by atomic mass is 10.1. The Morgan fingerprint density at radius 3 is 2.63 bits per heavy atom. The number of thioether (sulfide) groups is 1. The van der Waals surface area contributed by atoms with Gasteiger partial charge in [0.15, 0.2) is 5.78 Å². The highest BCUT2D eigenvalue weighted by molar-refractivity contribution is 8.03. The maximum atomic E-state index is 12.7. The lowest BCUT2D eigenvalue weighted by molar-refractivity contribution is -0.130. The standard InChI is InChI=1S/C29H34N2O6S/c1-21(33)31-28-25(34)10-6-11-27(28)38-29(31)24-20-23(35-2)12-13-26(24)37-18-7-14-30(15-17-32)16-19-36-22-8-4-3-5-9-22/h3-6,8-9,11-13,20,29,32H,7,10,14-19H2,1-2H3. The number of ether oxygens (including phenoxy) is 3. The van der Waals surface area contributed by atoms with Crippen LogP contribution in [-0.2, 0) is 9.59 Å². The van der Waals surface area contributed by atoms with Gasteiger partial charge >= 0.3 is 0 Å². The number of hydrogen-bond acceptors (Lipinski definition) is 8. The van der Waals surface area contributed by atoms with Crippen LogP contribution >= 0.6 is 11.8 Å². The molecule has 0 bridgehead atoms. The van der Waals surface area contributed by atoms with Crippen LogP contribution in [0.15, 0.2) is 71.3 Å². The van der Waals surface area contributed by atoms with Crippen molar-refractivity contribution < 1.29 is 28.9 Å². The van der Waals surface area contributed by atoms with Crippen molar-refractivity contribution in [2.75, 3.05) is 46.6 Å². The van der Waals surface area contributed by atoms with Crippen LogP contribution in [0.4, 0.5) is 0 Å². The quantitative estimate of drug-likeness (QED) is 0.380. The molecule has 4 rings (SSSR count). The zero-order valence-corrected chi connectivity index (χ0v) is 22.6. The molecule has 1 aliphatic carbocycles. The van der Waals surface area contributed by atoms with Crippen molar-refractivity contribution in [1.82, 2.24) is 9.80 Å². The normalized spacial score (nSPS) is 16.7. The van der Waals surface area contributed by atoms with Crippen LogP contribution < -0.4 is 14.2 Å². The zero-order valence-electron chi connectivity index (χ0n) is 21.8. The fourth-order valence-electron chi connectivity index (χ4n) is 4.48. The van der Waals surface area contributed by atoms with Gasteiger partial charge in [-0.05, 0) is 42.8 Å². The van der Waals surface area contributed by atoms with Gasteiger partial charge in [0.05, 0.1) is 20.3 Å².